The molecule has 0 atom stereocenters. The Balaban J connectivity index is 2.13. The molecule has 0 aliphatic carbocycles. The van der Waals surface area contributed by atoms with E-state index in [1.54, 1.807) is 24.1 Å². The van der Waals surface area contributed by atoms with Crippen molar-refractivity contribution in [1.82, 2.24) is 25.2 Å². The molecule has 1 aromatic heterocycles. The maximum atomic E-state index is 11.6. The number of amides is 2. The van der Waals surface area contributed by atoms with Gasteiger partial charge in [-0.05, 0) is 6.42 Å². The average molecular weight is 255 g/mol. The van der Waals surface area contributed by atoms with Crippen LogP contribution < -0.4 is 5.32 Å². The van der Waals surface area contributed by atoms with Crippen LogP contribution in [0, 0.1) is 0 Å². The second kappa shape index (κ2) is 7.25. The third kappa shape index (κ3) is 5.28. The number of carbonyl (C=O) groups excluding carboxylic acids is 1. The Morgan fingerprint density at radius 2 is 2.28 bits per heavy atom. The second-order valence-corrected chi connectivity index (χ2v) is 3.82. The number of hydrogen-bond donors (Lipinski definition) is 2. The van der Waals surface area contributed by atoms with Crippen LogP contribution in [-0.2, 0) is 11.3 Å². The van der Waals surface area contributed by atoms with Crippen molar-refractivity contribution < 1.29 is 14.7 Å². The highest BCUT2D eigenvalue weighted by atomic mass is 16.4. The summed E-state index contributed by atoms with van der Waals surface area (Å²) in [6, 6.07) is -0.222. The summed E-state index contributed by atoms with van der Waals surface area (Å²) in [4.78, 5) is 23.4. The number of aliphatic carboxylic acids is 1. The highest BCUT2D eigenvalue weighted by Crippen LogP contribution is 1.93. The van der Waals surface area contributed by atoms with Gasteiger partial charge in [0.05, 0.1) is 12.7 Å². The second-order valence-electron chi connectivity index (χ2n) is 3.82. The van der Waals surface area contributed by atoms with E-state index in [1.165, 1.54) is 4.90 Å². The smallest absolute Gasteiger partial charge is 0.317 e. The highest BCUT2D eigenvalue weighted by Gasteiger charge is 2.08. The number of carbonyl (C=O) groups is 2. The number of aromatic nitrogens is 3. The molecule has 0 saturated heterocycles. The van der Waals surface area contributed by atoms with Crippen molar-refractivity contribution >= 4 is 12.0 Å². The van der Waals surface area contributed by atoms with E-state index in [1.807, 2.05) is 0 Å². The summed E-state index contributed by atoms with van der Waals surface area (Å²) < 4.78 is 1.62. The third-order valence-corrected chi connectivity index (χ3v) is 2.32. The molecule has 2 amide bonds. The van der Waals surface area contributed by atoms with E-state index in [9.17, 15) is 9.59 Å². The summed E-state index contributed by atoms with van der Waals surface area (Å²) in [6.45, 7) is 1.42. The summed E-state index contributed by atoms with van der Waals surface area (Å²) >= 11 is 0. The zero-order valence-corrected chi connectivity index (χ0v) is 10.2. The van der Waals surface area contributed by atoms with Gasteiger partial charge in [-0.1, -0.05) is 5.21 Å². The van der Waals surface area contributed by atoms with Gasteiger partial charge in [-0.2, -0.15) is 0 Å². The van der Waals surface area contributed by atoms with Gasteiger partial charge < -0.3 is 15.3 Å². The molecule has 0 bridgehead atoms. The number of hydrogen-bond acceptors (Lipinski definition) is 4. The molecular weight excluding hydrogens is 238 g/mol. The number of carboxylic acids is 1. The lowest BCUT2D eigenvalue weighted by molar-refractivity contribution is -0.137. The fourth-order valence-corrected chi connectivity index (χ4v) is 1.33. The standard InChI is InChI=1S/C10H17N5O3/c1-14(6-2-3-9(16)17)10(18)11-4-7-15-8-5-12-13-15/h5,8H,2-4,6-7H2,1H3,(H,11,18)(H,16,17). The monoisotopic (exact) mass is 255 g/mol. The third-order valence-electron chi connectivity index (χ3n) is 2.32. The first-order valence-corrected chi connectivity index (χ1v) is 5.64. The molecule has 8 nitrogen and oxygen atoms in total. The molecule has 2 N–H and O–H groups in total. The van der Waals surface area contributed by atoms with E-state index in [2.05, 4.69) is 15.6 Å². The Morgan fingerprint density at radius 3 is 2.89 bits per heavy atom. The van der Waals surface area contributed by atoms with Crippen molar-refractivity contribution in [3.63, 3.8) is 0 Å². The van der Waals surface area contributed by atoms with Crippen molar-refractivity contribution in [1.29, 1.82) is 0 Å². The van der Waals surface area contributed by atoms with Crippen LogP contribution in [0.4, 0.5) is 4.79 Å². The van der Waals surface area contributed by atoms with Crippen LogP contribution in [0.3, 0.4) is 0 Å². The summed E-state index contributed by atoms with van der Waals surface area (Å²) in [5.41, 5.74) is 0. The van der Waals surface area contributed by atoms with Gasteiger partial charge in [-0.25, -0.2) is 4.79 Å². The quantitative estimate of drug-likeness (QED) is 0.701. The van der Waals surface area contributed by atoms with Gasteiger partial charge in [0.15, 0.2) is 0 Å². The predicted octanol–water partition coefficient (Wildman–Crippen LogP) is -0.216. The molecule has 0 aromatic carbocycles. The first-order valence-electron chi connectivity index (χ1n) is 5.64. The molecule has 1 aromatic rings. The first kappa shape index (κ1) is 13.9. The van der Waals surface area contributed by atoms with Gasteiger partial charge in [0.1, 0.15) is 0 Å². The lowest BCUT2D eigenvalue weighted by atomic mass is 10.3. The lowest BCUT2D eigenvalue weighted by Crippen LogP contribution is -2.39. The average Bonchev–Trinajstić information content (AvgIpc) is 2.81. The number of nitrogens with zero attached hydrogens (tertiary/aromatic N) is 4. The molecule has 100 valence electrons. The van der Waals surface area contributed by atoms with Crippen LogP contribution in [0.1, 0.15) is 12.8 Å². The molecule has 0 unspecified atom stereocenters. The Morgan fingerprint density at radius 1 is 1.50 bits per heavy atom. The summed E-state index contributed by atoms with van der Waals surface area (Å²) in [5, 5.41) is 18.6. The number of rotatable bonds is 7. The Kier molecular flexibility index (Phi) is 5.62. The predicted molar refractivity (Wildman–Crippen MR) is 62.9 cm³/mol. The normalized spacial score (nSPS) is 10.1. The Labute approximate surface area is 105 Å². The number of carboxylic acid groups (broad SMARTS) is 1. The van der Waals surface area contributed by atoms with Gasteiger partial charge in [0.25, 0.3) is 0 Å². The molecular formula is C10H17N5O3. The fraction of sp³-hybridized carbons (Fsp3) is 0.600. The van der Waals surface area contributed by atoms with Crippen LogP contribution in [0.2, 0.25) is 0 Å². The van der Waals surface area contributed by atoms with E-state index in [4.69, 9.17) is 5.11 Å². The molecule has 8 heteroatoms. The van der Waals surface area contributed by atoms with Crippen molar-refractivity contribution in [2.24, 2.45) is 0 Å². The topological polar surface area (TPSA) is 100 Å². The van der Waals surface area contributed by atoms with E-state index < -0.39 is 5.97 Å². The maximum absolute atomic E-state index is 11.6. The molecule has 0 aliphatic rings. The van der Waals surface area contributed by atoms with Gasteiger partial charge in [-0.3, -0.25) is 9.48 Å². The van der Waals surface area contributed by atoms with Gasteiger partial charge in [0.2, 0.25) is 0 Å². The Bertz CT molecular complexity index is 379. The number of nitrogens with one attached hydrogen (secondary N) is 1. The summed E-state index contributed by atoms with van der Waals surface area (Å²) in [5.74, 6) is -0.852. The molecule has 0 spiro atoms. The van der Waals surface area contributed by atoms with Crippen molar-refractivity contribution in [2.45, 2.75) is 19.4 Å². The SMILES string of the molecule is CN(CCCC(=O)O)C(=O)NCCn1ccnn1. The van der Waals surface area contributed by atoms with Crippen LogP contribution in [0.25, 0.3) is 0 Å². The van der Waals surface area contributed by atoms with Gasteiger partial charge >= 0.3 is 12.0 Å². The number of urea groups is 1. The molecule has 0 saturated carbocycles. The van der Waals surface area contributed by atoms with Crippen LogP contribution in [0.15, 0.2) is 12.4 Å². The minimum absolute atomic E-state index is 0.0660. The molecule has 1 heterocycles. The van der Waals surface area contributed by atoms with Crippen LogP contribution in [-0.4, -0.2) is 57.1 Å². The maximum Gasteiger partial charge on any atom is 0.317 e. The van der Waals surface area contributed by atoms with Gasteiger partial charge in [0, 0.05) is 32.8 Å². The first-order chi connectivity index (χ1) is 8.59. The van der Waals surface area contributed by atoms with Crippen molar-refractivity contribution in [2.75, 3.05) is 20.1 Å². The van der Waals surface area contributed by atoms with E-state index in [-0.39, 0.29) is 12.5 Å². The molecule has 18 heavy (non-hydrogen) atoms. The van der Waals surface area contributed by atoms with E-state index >= 15 is 0 Å². The fourth-order valence-electron chi connectivity index (χ4n) is 1.33. The van der Waals surface area contributed by atoms with Crippen LogP contribution >= 0.6 is 0 Å². The van der Waals surface area contributed by atoms with Gasteiger partial charge in [-0.15, -0.1) is 5.10 Å². The molecule has 0 fully saturated rings. The van der Waals surface area contributed by atoms with Crippen molar-refractivity contribution in [3.8, 4) is 0 Å². The van der Waals surface area contributed by atoms with E-state index in [0.29, 0.717) is 26.1 Å². The van der Waals surface area contributed by atoms with Crippen LogP contribution in [0.5, 0.6) is 0 Å². The summed E-state index contributed by atoms with van der Waals surface area (Å²) in [6.07, 6.45) is 3.79. The zero-order chi connectivity index (χ0) is 13.4. The minimum Gasteiger partial charge on any atom is -0.481 e. The van der Waals surface area contributed by atoms with E-state index in [0.717, 1.165) is 0 Å². The Hall–Kier alpha value is -2.12. The zero-order valence-electron chi connectivity index (χ0n) is 10.2. The molecule has 1 rings (SSSR count). The minimum atomic E-state index is -0.852. The highest BCUT2D eigenvalue weighted by molar-refractivity contribution is 5.73. The summed E-state index contributed by atoms with van der Waals surface area (Å²) in [7, 11) is 1.63. The molecule has 0 radical (unpaired) electrons. The largest absolute Gasteiger partial charge is 0.481 e. The molecule has 0 aliphatic heterocycles. The lowest BCUT2D eigenvalue weighted by Gasteiger charge is -2.17. The van der Waals surface area contributed by atoms with Crippen molar-refractivity contribution in [3.05, 3.63) is 12.4 Å².